The molecule has 0 spiro atoms. The summed E-state index contributed by atoms with van der Waals surface area (Å²) in [5, 5.41) is 11.2. The maximum absolute atomic E-state index is 10.5. The summed E-state index contributed by atoms with van der Waals surface area (Å²) in [7, 11) is 0. The summed E-state index contributed by atoms with van der Waals surface area (Å²) in [4.78, 5) is 4.09. The van der Waals surface area contributed by atoms with Crippen molar-refractivity contribution in [1.29, 1.82) is 0 Å². The predicted octanol–water partition coefficient (Wildman–Crippen LogP) is 3.72. The highest BCUT2D eigenvalue weighted by Crippen LogP contribution is 2.29. The number of halogens is 1. The Morgan fingerprint density at radius 1 is 0.833 bits per heavy atom. The van der Waals surface area contributed by atoms with Crippen molar-refractivity contribution in [1.82, 2.24) is 4.98 Å². The zero-order valence-corrected chi connectivity index (χ0v) is 13.7. The first-order valence-corrected chi connectivity index (χ1v) is 7.93. The minimum atomic E-state index is -0.801. The number of anilines is 1. The van der Waals surface area contributed by atoms with Crippen molar-refractivity contribution in [3.63, 3.8) is 0 Å². The molecule has 0 radical (unpaired) electrons. The van der Waals surface area contributed by atoms with Gasteiger partial charge in [-0.05, 0) is 41.0 Å². The Balaban J connectivity index is 1.79. The normalized spacial score (nSPS) is 13.5. The first-order chi connectivity index (χ1) is 11.5. The van der Waals surface area contributed by atoms with Crippen molar-refractivity contribution in [2.75, 3.05) is 5.73 Å². The van der Waals surface area contributed by atoms with Gasteiger partial charge in [0.2, 0.25) is 0 Å². The van der Waals surface area contributed by atoms with Crippen LogP contribution in [0.2, 0.25) is 5.02 Å². The number of hydrogen-bond acceptors (Lipinski definition) is 4. The summed E-state index contributed by atoms with van der Waals surface area (Å²) in [6.45, 7) is 0. The van der Waals surface area contributed by atoms with Crippen molar-refractivity contribution in [2.45, 2.75) is 12.1 Å². The number of aromatic nitrogens is 1. The molecule has 122 valence electrons. The van der Waals surface area contributed by atoms with E-state index in [1.165, 1.54) is 0 Å². The van der Waals surface area contributed by atoms with Crippen LogP contribution in [0.5, 0.6) is 0 Å². The Hall–Kier alpha value is -2.40. The SMILES string of the molecule is Nc1ccc(-c2ccc([C@@H](O)[C@@H](N)c3ccc(Cl)cc3)cc2)cn1. The Labute approximate surface area is 145 Å². The fourth-order valence-electron chi connectivity index (χ4n) is 2.52. The average molecular weight is 340 g/mol. The lowest BCUT2D eigenvalue weighted by atomic mass is 9.95. The molecule has 5 heteroatoms. The van der Waals surface area contributed by atoms with E-state index in [1.54, 1.807) is 24.4 Å². The van der Waals surface area contributed by atoms with Crippen LogP contribution >= 0.6 is 11.6 Å². The summed E-state index contributed by atoms with van der Waals surface area (Å²) in [6.07, 6.45) is 0.921. The summed E-state index contributed by atoms with van der Waals surface area (Å²) in [5.74, 6) is 0.486. The van der Waals surface area contributed by atoms with Crippen LogP contribution in [0.15, 0.2) is 66.9 Å². The quantitative estimate of drug-likeness (QED) is 0.676. The molecule has 3 rings (SSSR count). The fourth-order valence-corrected chi connectivity index (χ4v) is 2.65. The molecule has 2 atom stereocenters. The minimum Gasteiger partial charge on any atom is -0.386 e. The number of aliphatic hydroxyl groups excluding tert-OH is 1. The zero-order valence-electron chi connectivity index (χ0n) is 12.9. The van der Waals surface area contributed by atoms with Gasteiger partial charge in [0.25, 0.3) is 0 Å². The van der Waals surface area contributed by atoms with E-state index in [4.69, 9.17) is 23.1 Å². The number of hydrogen-bond donors (Lipinski definition) is 3. The van der Waals surface area contributed by atoms with Gasteiger partial charge in [-0.2, -0.15) is 0 Å². The number of rotatable bonds is 4. The predicted molar refractivity (Wildman–Crippen MR) is 97.4 cm³/mol. The third kappa shape index (κ3) is 3.57. The minimum absolute atomic E-state index is 0.486. The first kappa shape index (κ1) is 16.5. The van der Waals surface area contributed by atoms with E-state index < -0.39 is 12.1 Å². The van der Waals surface area contributed by atoms with Gasteiger partial charge in [-0.1, -0.05) is 48.0 Å². The molecule has 0 aliphatic rings. The van der Waals surface area contributed by atoms with Crippen molar-refractivity contribution in [3.05, 3.63) is 83.0 Å². The molecule has 0 bridgehead atoms. The number of nitrogen functional groups attached to an aromatic ring is 1. The summed E-state index contributed by atoms with van der Waals surface area (Å²) >= 11 is 5.88. The molecule has 2 aromatic carbocycles. The molecule has 24 heavy (non-hydrogen) atoms. The number of aliphatic hydroxyl groups is 1. The molecule has 5 N–H and O–H groups in total. The Morgan fingerprint density at radius 3 is 2.00 bits per heavy atom. The van der Waals surface area contributed by atoms with Crippen LogP contribution in [0.1, 0.15) is 23.3 Å². The topological polar surface area (TPSA) is 85.2 Å². The van der Waals surface area contributed by atoms with Gasteiger partial charge in [0.05, 0.1) is 12.1 Å². The van der Waals surface area contributed by atoms with E-state index in [1.807, 2.05) is 42.5 Å². The van der Waals surface area contributed by atoms with Gasteiger partial charge in [-0.25, -0.2) is 4.98 Å². The second-order valence-electron chi connectivity index (χ2n) is 5.62. The second-order valence-corrected chi connectivity index (χ2v) is 6.05. The van der Waals surface area contributed by atoms with E-state index >= 15 is 0 Å². The molecule has 0 unspecified atom stereocenters. The Bertz CT molecular complexity index is 802. The van der Waals surface area contributed by atoms with Crippen molar-refractivity contribution in [2.24, 2.45) is 5.73 Å². The molecule has 0 aliphatic heterocycles. The second kappa shape index (κ2) is 7.01. The summed E-state index contributed by atoms with van der Waals surface area (Å²) in [6, 6.07) is 17.9. The highest BCUT2D eigenvalue weighted by molar-refractivity contribution is 6.30. The molecular weight excluding hydrogens is 322 g/mol. The standard InChI is InChI=1S/C19H18ClN3O/c20-16-8-5-13(6-9-16)18(22)19(24)14-3-1-12(2-4-14)15-7-10-17(21)23-11-15/h1-11,18-19,24H,22H2,(H2,21,23)/t18-,19+/m0/s1. The largest absolute Gasteiger partial charge is 0.386 e. The lowest BCUT2D eigenvalue weighted by molar-refractivity contribution is 0.147. The molecule has 0 aliphatic carbocycles. The smallest absolute Gasteiger partial charge is 0.123 e. The Kier molecular flexibility index (Phi) is 4.81. The van der Waals surface area contributed by atoms with Crippen LogP contribution in [-0.2, 0) is 0 Å². The Morgan fingerprint density at radius 2 is 1.42 bits per heavy atom. The summed E-state index contributed by atoms with van der Waals surface area (Å²) in [5.41, 5.74) is 15.3. The van der Waals surface area contributed by atoms with Gasteiger partial charge in [0.1, 0.15) is 5.82 Å². The van der Waals surface area contributed by atoms with Crippen LogP contribution in [0.4, 0.5) is 5.82 Å². The lowest BCUT2D eigenvalue weighted by Crippen LogP contribution is -2.19. The van der Waals surface area contributed by atoms with Gasteiger partial charge in [-0.3, -0.25) is 0 Å². The average Bonchev–Trinajstić information content (AvgIpc) is 2.62. The zero-order chi connectivity index (χ0) is 17.1. The van der Waals surface area contributed by atoms with Crippen LogP contribution in [-0.4, -0.2) is 10.1 Å². The van der Waals surface area contributed by atoms with Crippen LogP contribution < -0.4 is 11.5 Å². The number of pyridine rings is 1. The van der Waals surface area contributed by atoms with Crippen LogP contribution in [0.3, 0.4) is 0 Å². The first-order valence-electron chi connectivity index (χ1n) is 7.55. The number of nitrogens with two attached hydrogens (primary N) is 2. The van der Waals surface area contributed by atoms with Gasteiger partial charge >= 0.3 is 0 Å². The van der Waals surface area contributed by atoms with Gasteiger partial charge in [-0.15, -0.1) is 0 Å². The van der Waals surface area contributed by atoms with Crippen molar-refractivity contribution < 1.29 is 5.11 Å². The molecule has 0 fully saturated rings. The summed E-state index contributed by atoms with van der Waals surface area (Å²) < 4.78 is 0. The highest BCUT2D eigenvalue weighted by Gasteiger charge is 2.18. The molecule has 0 saturated heterocycles. The van der Waals surface area contributed by atoms with Crippen molar-refractivity contribution in [3.8, 4) is 11.1 Å². The monoisotopic (exact) mass is 339 g/mol. The fraction of sp³-hybridized carbons (Fsp3) is 0.105. The molecule has 4 nitrogen and oxygen atoms in total. The number of benzene rings is 2. The van der Waals surface area contributed by atoms with Crippen LogP contribution in [0.25, 0.3) is 11.1 Å². The third-order valence-corrected chi connectivity index (χ3v) is 4.22. The van der Waals surface area contributed by atoms with E-state index in [0.717, 1.165) is 22.3 Å². The lowest BCUT2D eigenvalue weighted by Gasteiger charge is -2.20. The highest BCUT2D eigenvalue weighted by atomic mass is 35.5. The third-order valence-electron chi connectivity index (χ3n) is 3.97. The van der Waals surface area contributed by atoms with Gasteiger partial charge in [0, 0.05) is 16.8 Å². The van der Waals surface area contributed by atoms with E-state index in [0.29, 0.717) is 10.8 Å². The molecular formula is C19H18ClN3O. The van der Waals surface area contributed by atoms with Gasteiger partial charge in [0.15, 0.2) is 0 Å². The van der Waals surface area contributed by atoms with Gasteiger partial charge < -0.3 is 16.6 Å². The molecule has 1 aromatic heterocycles. The number of nitrogens with zero attached hydrogens (tertiary/aromatic N) is 1. The van der Waals surface area contributed by atoms with Crippen LogP contribution in [0, 0.1) is 0 Å². The molecule has 1 heterocycles. The molecule has 0 saturated carbocycles. The maximum Gasteiger partial charge on any atom is 0.123 e. The van der Waals surface area contributed by atoms with E-state index in [-0.39, 0.29) is 0 Å². The molecule has 3 aromatic rings. The van der Waals surface area contributed by atoms with E-state index in [2.05, 4.69) is 4.98 Å². The maximum atomic E-state index is 10.5. The van der Waals surface area contributed by atoms with E-state index in [9.17, 15) is 5.11 Å². The van der Waals surface area contributed by atoms with Crippen molar-refractivity contribution >= 4 is 17.4 Å². The molecule has 0 amide bonds.